The summed E-state index contributed by atoms with van der Waals surface area (Å²) in [5.41, 5.74) is 8.03. The Bertz CT molecular complexity index is 1340. The van der Waals surface area contributed by atoms with Crippen LogP contribution in [0, 0.1) is 23.7 Å². The van der Waals surface area contributed by atoms with E-state index in [1.165, 1.54) is 30.4 Å². The minimum absolute atomic E-state index is 0.516. The fourth-order valence-corrected chi connectivity index (χ4v) is 67.7. The molecular weight excluding hydrogens is 722 g/mol. The van der Waals surface area contributed by atoms with Crippen LogP contribution >= 0.6 is 0 Å². The third-order valence-corrected chi connectivity index (χ3v) is 55.9. The molecule has 5 aliphatic rings. The second-order valence-corrected chi connectivity index (χ2v) is 59.9. The number of allylic oxidation sites excluding steroid dienone is 4. The Morgan fingerprint density at radius 3 is 1.51 bits per heavy atom. The van der Waals surface area contributed by atoms with Crippen LogP contribution in [0.2, 0.25) is 4.68 Å². The van der Waals surface area contributed by atoms with E-state index in [-0.39, 0.29) is 0 Å². The van der Waals surface area contributed by atoms with Gasteiger partial charge in [0.05, 0.1) is 0 Å². The predicted molar refractivity (Wildman–Crippen MR) is 177 cm³/mol. The standard InChI is InChI=1S/C12H10.C10H16N.C9H13.C6H7Ge.CH3.Hf/c1-3-7-11(8-4-1)12-9-5-2-6-10-12;11-10-4-7-1-8(5-10)3-9(2-7)6-10;1-6-5-7(2)9(4)8(6)3;7-6-4-2-1-3-5-6;;/h1-10H;7-9,11H,1-6H2;6H,1-4H3;1-5H,7H2;1H3;/q;-1;;;;+1. The van der Waals surface area contributed by atoms with E-state index < -0.39 is 29.5 Å². The zero-order valence-corrected chi connectivity index (χ0v) is 32.5. The predicted octanol–water partition coefficient (Wildman–Crippen LogP) is 8.68. The molecule has 1 N–H and O–H groups in total. The summed E-state index contributed by atoms with van der Waals surface area (Å²) in [5.74, 6) is 3.80. The molecule has 0 saturated heterocycles. The summed E-state index contributed by atoms with van der Waals surface area (Å²) in [6.45, 7) is 9.79. The first kappa shape index (κ1) is 29.6. The average molecular weight is 771 g/mol. The number of hydrogen-bond donors (Lipinski definition) is 1. The number of hydrogen-bond acceptors (Lipinski definition) is 1. The molecule has 2 atom stereocenters. The average Bonchev–Trinajstić information content (AvgIpc) is 3.16. The van der Waals surface area contributed by atoms with E-state index in [0.717, 1.165) is 17.8 Å². The molecule has 2 unspecified atom stereocenters. The molecule has 1 nitrogen and oxygen atoms in total. The van der Waals surface area contributed by atoms with Gasteiger partial charge in [-0.1, -0.05) is 60.7 Å². The molecule has 0 amide bonds. The van der Waals surface area contributed by atoms with Gasteiger partial charge in [0.15, 0.2) is 0 Å². The van der Waals surface area contributed by atoms with Crippen LogP contribution in [0.5, 0.6) is 0 Å². The molecule has 0 aromatic heterocycles. The molecule has 41 heavy (non-hydrogen) atoms. The molecule has 0 heterocycles. The molecule has 0 spiro atoms. The van der Waals surface area contributed by atoms with Gasteiger partial charge in [-0.2, -0.15) is 0 Å². The van der Waals surface area contributed by atoms with Crippen molar-refractivity contribution < 1.29 is 17.8 Å². The third-order valence-electron chi connectivity index (χ3n) is 11.1. The van der Waals surface area contributed by atoms with E-state index in [1.807, 2.05) is 15.5 Å². The van der Waals surface area contributed by atoms with E-state index in [1.54, 1.807) is 40.4 Å². The van der Waals surface area contributed by atoms with Crippen molar-refractivity contribution >= 4 is 16.1 Å². The fraction of sp³-hybridized carbons (Fsp3) is 0.421. The SMILES string of the molecule is CC1=C(C)C(C)[C]([Hf]([CH3])([NH]C23CC4CC(CC(C4)C2)C3)[GeH2][c]2ccccc2)=C1C.c1ccc(-c2ccccc2)cc1. The number of nitrogens with one attached hydrogen (secondary N) is 1. The minimum atomic E-state index is -2.81. The molecule has 4 bridgehead atoms. The Kier molecular flexibility index (Phi) is 8.84. The van der Waals surface area contributed by atoms with Gasteiger partial charge in [-0.25, -0.2) is 0 Å². The molecule has 8 rings (SSSR count). The van der Waals surface area contributed by atoms with Crippen LogP contribution in [-0.4, -0.2) is 17.3 Å². The molecule has 0 radical (unpaired) electrons. The van der Waals surface area contributed by atoms with Crippen LogP contribution in [0.4, 0.5) is 0 Å². The molecule has 3 aromatic carbocycles. The molecule has 0 aliphatic heterocycles. The van der Waals surface area contributed by atoms with E-state index in [4.69, 9.17) is 3.30 Å². The van der Waals surface area contributed by atoms with Gasteiger partial charge in [-0.15, -0.1) is 0 Å². The Morgan fingerprint density at radius 2 is 1.10 bits per heavy atom. The van der Waals surface area contributed by atoms with E-state index in [9.17, 15) is 0 Å². The normalized spacial score (nSPS) is 30.1. The Balaban J connectivity index is 0.000000210. The van der Waals surface area contributed by atoms with Gasteiger partial charge in [-0.3, -0.25) is 0 Å². The second kappa shape index (κ2) is 12.3. The van der Waals surface area contributed by atoms with Gasteiger partial charge in [0, 0.05) is 0 Å². The van der Waals surface area contributed by atoms with E-state index in [0.29, 0.717) is 11.5 Å². The van der Waals surface area contributed by atoms with E-state index in [2.05, 4.69) is 111 Å². The molecule has 4 saturated carbocycles. The topological polar surface area (TPSA) is 12.0 Å². The maximum atomic E-state index is 4.75. The van der Waals surface area contributed by atoms with E-state index >= 15 is 0 Å². The van der Waals surface area contributed by atoms with Gasteiger partial charge in [-0.05, 0) is 11.1 Å². The van der Waals surface area contributed by atoms with Crippen molar-refractivity contribution in [2.75, 3.05) is 0 Å². The van der Waals surface area contributed by atoms with Gasteiger partial charge in [0.25, 0.3) is 0 Å². The smallest absolute Gasteiger partial charge is 0.0184 e. The summed E-state index contributed by atoms with van der Waals surface area (Å²) in [7, 11) is 0. The fourth-order valence-electron chi connectivity index (χ4n) is 9.58. The number of rotatable bonds is 6. The first-order chi connectivity index (χ1) is 19.8. The molecule has 3 aromatic rings. The van der Waals surface area contributed by atoms with Crippen LogP contribution < -0.4 is 7.70 Å². The summed E-state index contributed by atoms with van der Waals surface area (Å²) in [4.78, 5) is 0. The molecule has 4 fully saturated rings. The first-order valence-electron chi connectivity index (χ1n) is 16.1. The molecular formula is C38H49GeHfN. The maximum absolute atomic E-state index is 4.75. The monoisotopic (exact) mass is 773 g/mol. The maximum Gasteiger partial charge on any atom is -0.0184 e. The summed E-state index contributed by atoms with van der Waals surface area (Å²) < 4.78 is 11.3. The van der Waals surface area contributed by atoms with Crippen molar-refractivity contribution in [3.8, 4) is 11.1 Å². The summed E-state index contributed by atoms with van der Waals surface area (Å²) in [6, 6.07) is 32.5. The van der Waals surface area contributed by atoms with Gasteiger partial charge >= 0.3 is 188 Å². The third kappa shape index (κ3) is 6.27. The van der Waals surface area contributed by atoms with Crippen LogP contribution in [0.3, 0.4) is 0 Å². The van der Waals surface area contributed by atoms with Crippen molar-refractivity contribution in [3.63, 3.8) is 0 Å². The minimum Gasteiger partial charge on any atom is -0.0622 e. The second-order valence-electron chi connectivity index (χ2n) is 14.1. The summed E-state index contributed by atoms with van der Waals surface area (Å²) in [6.07, 6.45) is 9.14. The zero-order valence-electron chi connectivity index (χ0n) is 25.9. The van der Waals surface area contributed by atoms with Crippen molar-refractivity contribution in [2.24, 2.45) is 23.7 Å². The number of benzene rings is 3. The van der Waals surface area contributed by atoms with Crippen molar-refractivity contribution in [3.05, 3.63) is 111 Å². The van der Waals surface area contributed by atoms with Gasteiger partial charge in [0.2, 0.25) is 0 Å². The van der Waals surface area contributed by atoms with Gasteiger partial charge < -0.3 is 0 Å². The molecule has 3 heteroatoms. The molecule has 214 valence electrons. The van der Waals surface area contributed by atoms with Gasteiger partial charge in [0.1, 0.15) is 0 Å². The summed E-state index contributed by atoms with van der Waals surface area (Å²) >= 11 is -3.66. The zero-order chi connectivity index (χ0) is 28.6. The quantitative estimate of drug-likeness (QED) is 0.248. The Morgan fingerprint density at radius 1 is 0.659 bits per heavy atom. The summed E-state index contributed by atoms with van der Waals surface area (Å²) in [5, 5.41) is 0. The van der Waals surface area contributed by atoms with Crippen LogP contribution in [-0.2, 0) is 17.8 Å². The Hall–Kier alpha value is -1.49. The van der Waals surface area contributed by atoms with Crippen LogP contribution in [0.1, 0.15) is 66.2 Å². The van der Waals surface area contributed by atoms with Crippen molar-refractivity contribution in [1.82, 2.24) is 3.30 Å². The van der Waals surface area contributed by atoms with Crippen LogP contribution in [0.15, 0.2) is 111 Å². The van der Waals surface area contributed by atoms with Crippen LogP contribution in [0.25, 0.3) is 11.1 Å². The molecule has 5 aliphatic carbocycles. The largest absolute Gasteiger partial charge is 0.0622 e. The first-order valence-corrected chi connectivity index (χ1v) is 39.4. The van der Waals surface area contributed by atoms with Crippen molar-refractivity contribution in [1.29, 1.82) is 0 Å². The van der Waals surface area contributed by atoms with Crippen molar-refractivity contribution in [2.45, 2.75) is 76.4 Å². The Labute approximate surface area is 257 Å².